The fraction of sp³-hybridized carbons (Fsp3) is 0.0137. The highest BCUT2D eigenvalue weighted by Gasteiger charge is 2.52. The third kappa shape index (κ3) is 5.88. The lowest BCUT2D eigenvalue weighted by Crippen LogP contribution is -2.32. The van der Waals surface area contributed by atoms with Gasteiger partial charge in [0.1, 0.15) is 0 Å². The van der Waals surface area contributed by atoms with E-state index in [1.165, 1.54) is 21.5 Å². The Bertz CT molecular complexity index is 5520. The lowest BCUT2D eigenvalue weighted by Gasteiger charge is -2.40. The Morgan fingerprint density at radius 2 is 0.622 bits per heavy atom. The summed E-state index contributed by atoms with van der Waals surface area (Å²) in [5.41, 5.74) is 18.9. The van der Waals surface area contributed by atoms with Crippen molar-refractivity contribution in [3.05, 3.63) is 276 Å². The van der Waals surface area contributed by atoms with E-state index in [4.69, 9.17) is 9.97 Å². The lowest BCUT2D eigenvalue weighted by molar-refractivity contribution is 0.716. The van der Waals surface area contributed by atoms with Gasteiger partial charge in [-0.05, 0) is 120 Å². The molecule has 0 saturated carbocycles. The van der Waals surface area contributed by atoms with Gasteiger partial charge in [0.15, 0.2) is 0 Å². The molecule has 0 N–H and O–H groups in total. The van der Waals surface area contributed by atoms with E-state index in [0.717, 1.165) is 132 Å². The summed E-state index contributed by atoms with van der Waals surface area (Å²) in [7, 11) is 0. The molecule has 0 fully saturated rings. The Kier molecular flexibility index (Phi) is 9.07. The molecule has 1 aliphatic heterocycles. The Morgan fingerprint density at radius 3 is 0.976 bits per heavy atom. The largest absolute Gasteiger partial charge is 0.309 e. The van der Waals surface area contributed by atoms with E-state index in [-0.39, 0.29) is 0 Å². The van der Waals surface area contributed by atoms with Crippen molar-refractivity contribution in [1.82, 2.24) is 28.2 Å². The van der Waals surface area contributed by atoms with Gasteiger partial charge < -0.3 is 18.3 Å². The second-order valence-corrected chi connectivity index (χ2v) is 22.6. The van der Waals surface area contributed by atoms with E-state index in [1.54, 1.807) is 0 Å². The summed E-state index contributed by atoms with van der Waals surface area (Å²) in [6, 6.07) is 87.3. The van der Waals surface area contributed by atoms with Crippen LogP contribution in [-0.4, -0.2) is 28.2 Å². The normalized spacial score (nSPS) is 14.3. The molecule has 9 heteroatoms. The predicted octanol–water partition coefficient (Wildman–Crippen LogP) is 17.4. The van der Waals surface area contributed by atoms with Gasteiger partial charge in [-0.3, -0.25) is 9.97 Å². The summed E-state index contributed by atoms with van der Waals surface area (Å²) in [5.74, 6) is 0. The van der Waals surface area contributed by atoms with Gasteiger partial charge in [-0.1, -0.05) is 133 Å². The molecule has 16 aromatic rings. The first-order valence-corrected chi connectivity index (χ1v) is 28.2. The van der Waals surface area contributed by atoms with E-state index in [1.807, 2.05) is 48.4 Å². The number of aromatic nitrogens is 6. The molecular formula is C73H40N8S. The highest BCUT2D eigenvalue weighted by molar-refractivity contribution is 7.99. The Hall–Kier alpha value is -11.0. The molecule has 0 bridgehead atoms. The maximum Gasteiger partial charge on any atom is 0.0991 e. The standard InChI is InChI=1S/C73H40N8S/c74-39-43-25-31-67-55(33-43)53-17-5-11-23-65(53)79(67)46-28-30-58-70(38-46)82-69-37-45(78-61-19-7-1-13-49(61)50-14-2-8-20-62(50)78)27-29-57(69)73(58)59-35-47(80-63-21-9-3-15-51(63)52-16-4-10-22-64(52)80)41-76-71(59)72-60(73)36-48(42-77-72)81-66-24-12-6-18-54(66)56-34-44(40-75)26-32-68(56)81/h1-38,41-42H. The number of rotatable bonds is 4. The average molecular weight is 1060 g/mol. The van der Waals surface area contributed by atoms with Crippen LogP contribution in [0.3, 0.4) is 0 Å². The molecule has 1 atom stereocenters. The van der Waals surface area contributed by atoms with Crippen molar-refractivity contribution in [3.63, 3.8) is 0 Å². The van der Waals surface area contributed by atoms with Crippen LogP contribution in [0.5, 0.6) is 0 Å². The zero-order valence-corrected chi connectivity index (χ0v) is 44.4. The van der Waals surface area contributed by atoms with Crippen LogP contribution in [-0.2, 0) is 5.41 Å². The van der Waals surface area contributed by atoms with Crippen molar-refractivity contribution in [2.24, 2.45) is 0 Å². The molecule has 18 rings (SSSR count). The van der Waals surface area contributed by atoms with Gasteiger partial charge in [0, 0.05) is 75.4 Å². The molecule has 1 aliphatic carbocycles. The van der Waals surface area contributed by atoms with E-state index in [0.29, 0.717) is 11.1 Å². The summed E-state index contributed by atoms with van der Waals surface area (Å²) in [5, 5.41) is 29.2. The average Bonchev–Trinajstić information content (AvgIpc) is 1.60. The number of para-hydroxylation sites is 6. The SMILES string of the molecule is N#Cc1ccc2c(c1)c1ccccc1n2-c1ccc2c(c1)Sc1cc(-n3c4ccccc4c4ccccc43)ccc1C21c2cc(-n3c4ccccc4c4ccccc43)cnc2-c2ncc(-n3c4ccccc4c4cc(C#N)ccc43)cc21. The second-order valence-electron chi connectivity index (χ2n) is 21.5. The maximum absolute atomic E-state index is 10.1. The third-order valence-electron chi connectivity index (χ3n) is 17.5. The van der Waals surface area contributed by atoms with E-state index in [9.17, 15) is 10.5 Å². The van der Waals surface area contributed by atoms with Crippen molar-refractivity contribution < 1.29 is 0 Å². The first-order valence-electron chi connectivity index (χ1n) is 27.4. The van der Waals surface area contributed by atoms with E-state index in [2.05, 4.69) is 237 Å². The molecule has 1 spiro atoms. The van der Waals surface area contributed by atoms with Crippen molar-refractivity contribution in [1.29, 1.82) is 10.5 Å². The molecule has 378 valence electrons. The number of nitriles is 2. The van der Waals surface area contributed by atoms with Gasteiger partial charge in [-0.25, -0.2) is 0 Å². The van der Waals surface area contributed by atoms with Crippen LogP contribution in [0.15, 0.2) is 253 Å². The first kappa shape index (κ1) is 45.0. The van der Waals surface area contributed by atoms with Gasteiger partial charge in [-0.2, -0.15) is 10.5 Å². The van der Waals surface area contributed by atoms with E-state index >= 15 is 0 Å². The topological polar surface area (TPSA) is 93.1 Å². The quantitative estimate of drug-likeness (QED) is 0.175. The summed E-state index contributed by atoms with van der Waals surface area (Å²) in [4.78, 5) is 13.4. The molecule has 2 aliphatic rings. The number of hydrogen-bond acceptors (Lipinski definition) is 5. The third-order valence-corrected chi connectivity index (χ3v) is 18.6. The highest BCUT2D eigenvalue weighted by Crippen LogP contribution is 2.63. The van der Waals surface area contributed by atoms with Gasteiger partial charge >= 0.3 is 0 Å². The van der Waals surface area contributed by atoms with Crippen LogP contribution in [0.4, 0.5) is 0 Å². The molecule has 82 heavy (non-hydrogen) atoms. The summed E-state index contributed by atoms with van der Waals surface area (Å²) in [6.07, 6.45) is 4.03. The van der Waals surface area contributed by atoms with Crippen molar-refractivity contribution >= 4 is 99.0 Å². The van der Waals surface area contributed by atoms with Crippen molar-refractivity contribution in [2.75, 3.05) is 0 Å². The van der Waals surface area contributed by atoms with Gasteiger partial charge in [-0.15, -0.1) is 0 Å². The Labute approximate surface area is 472 Å². The molecule has 8 nitrogen and oxygen atoms in total. The Balaban J connectivity index is 0.968. The predicted molar refractivity (Wildman–Crippen MR) is 330 cm³/mol. The number of nitrogens with zero attached hydrogens (tertiary/aromatic N) is 8. The molecule has 0 saturated heterocycles. The van der Waals surface area contributed by atoms with Gasteiger partial charge in [0.05, 0.1) is 108 Å². The molecule has 1 unspecified atom stereocenters. The van der Waals surface area contributed by atoms with Gasteiger partial charge in [0.2, 0.25) is 0 Å². The highest BCUT2D eigenvalue weighted by atomic mass is 32.2. The second kappa shape index (κ2) is 16.5. The number of benzene rings is 10. The molecule has 6 aromatic heterocycles. The van der Waals surface area contributed by atoms with Crippen molar-refractivity contribution in [2.45, 2.75) is 15.2 Å². The van der Waals surface area contributed by atoms with Crippen LogP contribution in [0.25, 0.3) is 121 Å². The molecule has 0 amide bonds. The number of pyridine rings is 2. The molecular weight excluding hydrogens is 1020 g/mol. The summed E-state index contributed by atoms with van der Waals surface area (Å²) >= 11 is 1.81. The monoisotopic (exact) mass is 1060 g/mol. The lowest BCUT2D eigenvalue weighted by atomic mass is 9.67. The van der Waals surface area contributed by atoms with Crippen LogP contribution in [0.1, 0.15) is 33.4 Å². The minimum absolute atomic E-state index is 0.613. The van der Waals surface area contributed by atoms with Crippen LogP contribution in [0, 0.1) is 22.7 Å². The zero-order valence-electron chi connectivity index (χ0n) is 43.6. The summed E-state index contributed by atoms with van der Waals surface area (Å²) < 4.78 is 9.44. The van der Waals surface area contributed by atoms with Crippen LogP contribution >= 0.6 is 11.8 Å². The van der Waals surface area contributed by atoms with Crippen LogP contribution < -0.4 is 0 Å². The zero-order chi connectivity index (χ0) is 53.9. The molecule has 10 aromatic carbocycles. The smallest absolute Gasteiger partial charge is 0.0991 e. The molecule has 7 heterocycles. The number of hydrogen-bond donors (Lipinski definition) is 0. The number of fused-ring (bicyclic) bond motifs is 21. The molecule has 0 radical (unpaired) electrons. The van der Waals surface area contributed by atoms with Crippen LogP contribution in [0.2, 0.25) is 0 Å². The van der Waals surface area contributed by atoms with Crippen molar-refractivity contribution in [3.8, 4) is 46.3 Å². The minimum Gasteiger partial charge on any atom is -0.309 e. The first-order chi connectivity index (χ1) is 40.6. The fourth-order valence-electron chi connectivity index (χ4n) is 14.2. The van der Waals surface area contributed by atoms with E-state index < -0.39 is 5.41 Å². The minimum atomic E-state index is -0.946. The maximum atomic E-state index is 10.1. The van der Waals surface area contributed by atoms with Gasteiger partial charge in [0.25, 0.3) is 0 Å². The fourth-order valence-corrected chi connectivity index (χ4v) is 15.5. The summed E-state index contributed by atoms with van der Waals surface area (Å²) in [6.45, 7) is 0. The Morgan fingerprint density at radius 1 is 0.305 bits per heavy atom.